The minimum Gasteiger partial charge on any atom is -0.382 e. The van der Waals surface area contributed by atoms with Gasteiger partial charge >= 0.3 is 0 Å². The van der Waals surface area contributed by atoms with Gasteiger partial charge in [-0.15, -0.1) is 0 Å². The van der Waals surface area contributed by atoms with E-state index in [1.54, 1.807) is 6.07 Å². The Morgan fingerprint density at radius 2 is 2.29 bits per heavy atom. The summed E-state index contributed by atoms with van der Waals surface area (Å²) in [6, 6.07) is 2.77. The van der Waals surface area contributed by atoms with E-state index in [-0.39, 0.29) is 28.5 Å². The van der Waals surface area contributed by atoms with E-state index in [2.05, 4.69) is 4.98 Å². The molecule has 0 saturated heterocycles. The number of nitrogen functional groups attached to an aromatic ring is 1. The van der Waals surface area contributed by atoms with E-state index in [4.69, 9.17) is 22.6 Å². The summed E-state index contributed by atoms with van der Waals surface area (Å²) in [5.74, 6) is -0.0404. The van der Waals surface area contributed by atoms with E-state index in [1.165, 1.54) is 0 Å². The average Bonchev–Trinajstić information content (AvgIpc) is 2.11. The van der Waals surface area contributed by atoms with Crippen LogP contribution in [-0.2, 0) is 6.42 Å². The Hall–Kier alpha value is -1.41. The Morgan fingerprint density at radius 3 is 2.79 bits per heavy atom. The van der Waals surface area contributed by atoms with Gasteiger partial charge < -0.3 is 5.73 Å². The molecular weight excluding hydrogens is 212 g/mol. The van der Waals surface area contributed by atoms with Crippen LogP contribution in [0.1, 0.15) is 17.7 Å². The van der Waals surface area contributed by atoms with Crippen LogP contribution in [0.2, 0.25) is 5.02 Å². The van der Waals surface area contributed by atoms with Gasteiger partial charge in [0.2, 0.25) is 0 Å². The predicted molar refractivity (Wildman–Crippen MR) is 47.9 cm³/mol. The molecule has 0 spiro atoms. The van der Waals surface area contributed by atoms with Crippen LogP contribution in [0.25, 0.3) is 0 Å². The lowest BCUT2D eigenvalue weighted by molar-refractivity contribution is 0.150. The lowest BCUT2D eigenvalue weighted by Crippen LogP contribution is -2.02. The van der Waals surface area contributed by atoms with Crippen molar-refractivity contribution >= 4 is 17.4 Å². The molecule has 1 heterocycles. The molecule has 14 heavy (non-hydrogen) atoms. The van der Waals surface area contributed by atoms with Crippen LogP contribution in [0.4, 0.5) is 14.6 Å². The zero-order valence-corrected chi connectivity index (χ0v) is 7.72. The molecule has 2 N–H and O–H groups in total. The third-order valence-electron chi connectivity index (χ3n) is 1.60. The number of alkyl halides is 2. The molecule has 0 saturated carbocycles. The fourth-order valence-corrected chi connectivity index (χ4v) is 1.12. The highest BCUT2D eigenvalue weighted by atomic mass is 35.5. The Labute approximate surface area is 84.1 Å². The first-order valence-corrected chi connectivity index (χ1v) is 4.04. The third kappa shape index (κ3) is 2.09. The van der Waals surface area contributed by atoms with E-state index in [0.717, 1.165) is 6.07 Å². The van der Waals surface area contributed by atoms with Crippen molar-refractivity contribution in [1.29, 1.82) is 5.26 Å². The van der Waals surface area contributed by atoms with E-state index in [9.17, 15) is 8.78 Å². The lowest BCUT2D eigenvalue weighted by Gasteiger charge is -2.07. The van der Waals surface area contributed by atoms with Crippen molar-refractivity contribution in [3.63, 3.8) is 0 Å². The number of aromatic nitrogens is 1. The highest BCUT2D eigenvalue weighted by molar-refractivity contribution is 6.32. The SMILES string of the molecule is N#CCc1nc(N)c(Cl)cc1C(F)F. The average molecular weight is 218 g/mol. The van der Waals surface area contributed by atoms with Gasteiger partial charge in [-0.25, -0.2) is 13.8 Å². The quantitative estimate of drug-likeness (QED) is 0.827. The molecule has 1 aromatic rings. The normalized spacial score (nSPS) is 10.2. The molecule has 0 unspecified atom stereocenters. The minimum atomic E-state index is -2.70. The molecule has 6 heteroatoms. The summed E-state index contributed by atoms with van der Waals surface area (Å²) < 4.78 is 24.8. The van der Waals surface area contributed by atoms with Crippen LogP contribution in [0.15, 0.2) is 6.07 Å². The second-order valence-corrected chi connectivity index (χ2v) is 2.93. The number of halogens is 3. The molecule has 0 aromatic carbocycles. The van der Waals surface area contributed by atoms with Crippen LogP contribution in [0.5, 0.6) is 0 Å². The van der Waals surface area contributed by atoms with Gasteiger partial charge in [-0.1, -0.05) is 11.6 Å². The van der Waals surface area contributed by atoms with Crippen molar-refractivity contribution in [2.24, 2.45) is 0 Å². The molecule has 0 amide bonds. The van der Waals surface area contributed by atoms with Crippen molar-refractivity contribution in [3.05, 3.63) is 22.3 Å². The van der Waals surface area contributed by atoms with Crippen molar-refractivity contribution in [1.82, 2.24) is 4.98 Å². The molecule has 3 nitrogen and oxygen atoms in total. The second-order valence-electron chi connectivity index (χ2n) is 2.53. The van der Waals surface area contributed by atoms with Crippen LogP contribution in [0, 0.1) is 11.3 Å². The highest BCUT2D eigenvalue weighted by Gasteiger charge is 2.16. The van der Waals surface area contributed by atoms with Gasteiger partial charge in [-0.05, 0) is 6.07 Å². The van der Waals surface area contributed by atoms with E-state index < -0.39 is 6.43 Å². The maximum atomic E-state index is 12.4. The molecule has 0 aliphatic heterocycles. The third-order valence-corrected chi connectivity index (χ3v) is 1.90. The lowest BCUT2D eigenvalue weighted by atomic mass is 10.1. The number of pyridine rings is 1. The first-order valence-electron chi connectivity index (χ1n) is 3.66. The van der Waals surface area contributed by atoms with E-state index >= 15 is 0 Å². The first kappa shape index (κ1) is 10.7. The molecule has 0 aliphatic rings. The molecule has 74 valence electrons. The first-order chi connectivity index (χ1) is 6.56. The molecule has 0 aliphatic carbocycles. The van der Waals surface area contributed by atoms with Gasteiger partial charge in [-0.3, -0.25) is 0 Å². The number of nitriles is 1. The molecule has 1 aromatic heterocycles. The van der Waals surface area contributed by atoms with Crippen LogP contribution in [-0.4, -0.2) is 4.98 Å². The molecule has 0 bridgehead atoms. The van der Waals surface area contributed by atoms with Crippen molar-refractivity contribution in [2.45, 2.75) is 12.8 Å². The number of hydrogen-bond donors (Lipinski definition) is 1. The number of hydrogen-bond acceptors (Lipinski definition) is 3. The zero-order valence-electron chi connectivity index (χ0n) is 6.97. The Bertz CT molecular complexity index is 387. The van der Waals surface area contributed by atoms with Crippen molar-refractivity contribution in [3.8, 4) is 6.07 Å². The fourth-order valence-electron chi connectivity index (χ4n) is 0.963. The molecule has 0 fully saturated rings. The number of nitrogens with zero attached hydrogens (tertiary/aromatic N) is 2. The predicted octanol–water partition coefficient (Wildman–Crippen LogP) is 2.32. The second kappa shape index (κ2) is 4.20. The minimum absolute atomic E-state index is 0.0237. The molecule has 0 radical (unpaired) electrons. The van der Waals surface area contributed by atoms with Gasteiger partial charge in [-0.2, -0.15) is 5.26 Å². The zero-order chi connectivity index (χ0) is 10.7. The van der Waals surface area contributed by atoms with Gasteiger partial charge in [0.25, 0.3) is 6.43 Å². The monoisotopic (exact) mass is 217 g/mol. The van der Waals surface area contributed by atoms with Crippen LogP contribution < -0.4 is 5.73 Å². The smallest absolute Gasteiger partial charge is 0.265 e. The Morgan fingerprint density at radius 1 is 1.64 bits per heavy atom. The summed E-state index contributed by atoms with van der Waals surface area (Å²) in [6.07, 6.45) is -2.91. The topological polar surface area (TPSA) is 62.7 Å². The highest BCUT2D eigenvalue weighted by Crippen LogP contribution is 2.27. The summed E-state index contributed by atoms with van der Waals surface area (Å²) in [7, 11) is 0. The van der Waals surface area contributed by atoms with E-state index in [0.29, 0.717) is 0 Å². The van der Waals surface area contributed by atoms with Crippen LogP contribution >= 0.6 is 11.6 Å². The van der Waals surface area contributed by atoms with Crippen molar-refractivity contribution in [2.75, 3.05) is 5.73 Å². The fraction of sp³-hybridized carbons (Fsp3) is 0.250. The largest absolute Gasteiger partial charge is 0.382 e. The number of nitrogens with two attached hydrogens (primary N) is 1. The summed E-state index contributed by atoms with van der Waals surface area (Å²) in [4.78, 5) is 3.63. The Kier molecular flexibility index (Phi) is 3.20. The van der Waals surface area contributed by atoms with Crippen molar-refractivity contribution < 1.29 is 8.78 Å². The van der Waals surface area contributed by atoms with Gasteiger partial charge in [0.05, 0.1) is 23.2 Å². The summed E-state index contributed by atoms with van der Waals surface area (Å²) in [5, 5.41) is 8.35. The number of anilines is 1. The summed E-state index contributed by atoms with van der Waals surface area (Å²) in [6.45, 7) is 0. The van der Waals surface area contributed by atoms with Gasteiger partial charge in [0.15, 0.2) is 0 Å². The molecular formula is C8H6ClF2N3. The number of rotatable bonds is 2. The summed E-state index contributed by atoms with van der Waals surface area (Å²) in [5.41, 5.74) is 4.96. The molecule has 1 rings (SSSR count). The maximum Gasteiger partial charge on any atom is 0.265 e. The maximum absolute atomic E-state index is 12.4. The van der Waals surface area contributed by atoms with Gasteiger partial charge in [0.1, 0.15) is 5.82 Å². The van der Waals surface area contributed by atoms with Gasteiger partial charge in [0, 0.05) is 5.56 Å². The summed E-state index contributed by atoms with van der Waals surface area (Å²) >= 11 is 5.53. The van der Waals surface area contributed by atoms with E-state index in [1.807, 2.05) is 0 Å². The molecule has 0 atom stereocenters. The standard InChI is InChI=1S/C8H6ClF2N3/c9-5-3-4(7(10)11)6(1-2-12)14-8(5)13/h3,7H,1H2,(H2,13,14). The van der Waals surface area contributed by atoms with Crippen LogP contribution in [0.3, 0.4) is 0 Å². The Balaban J connectivity index is 3.25.